The van der Waals surface area contributed by atoms with Crippen molar-refractivity contribution in [3.8, 4) is 0 Å². The SMILES string of the molecule is CCNC(c1ccc(C)nc1)c1c(C)oc(C)c1C. The van der Waals surface area contributed by atoms with Crippen LogP contribution < -0.4 is 5.32 Å². The minimum Gasteiger partial charge on any atom is -0.466 e. The summed E-state index contributed by atoms with van der Waals surface area (Å²) >= 11 is 0. The topological polar surface area (TPSA) is 38.1 Å². The van der Waals surface area contributed by atoms with E-state index in [4.69, 9.17) is 4.42 Å². The lowest BCUT2D eigenvalue weighted by Gasteiger charge is -2.19. The Kier molecular flexibility index (Phi) is 4.05. The largest absolute Gasteiger partial charge is 0.466 e. The zero-order valence-electron chi connectivity index (χ0n) is 12.4. The van der Waals surface area contributed by atoms with E-state index in [1.165, 1.54) is 16.7 Å². The van der Waals surface area contributed by atoms with Gasteiger partial charge in [0.05, 0.1) is 6.04 Å². The maximum absolute atomic E-state index is 5.76. The first-order valence-electron chi connectivity index (χ1n) is 6.77. The fourth-order valence-electron chi connectivity index (χ4n) is 2.48. The molecule has 0 aliphatic rings. The molecule has 3 heteroatoms. The summed E-state index contributed by atoms with van der Waals surface area (Å²) in [5.74, 6) is 1.98. The number of pyridine rings is 1. The van der Waals surface area contributed by atoms with E-state index in [0.29, 0.717) is 0 Å². The van der Waals surface area contributed by atoms with Gasteiger partial charge in [0.1, 0.15) is 11.5 Å². The lowest BCUT2D eigenvalue weighted by atomic mass is 9.96. The molecule has 1 atom stereocenters. The van der Waals surface area contributed by atoms with Crippen LogP contribution in [0.5, 0.6) is 0 Å². The van der Waals surface area contributed by atoms with Gasteiger partial charge in [0.2, 0.25) is 0 Å². The number of hydrogen-bond acceptors (Lipinski definition) is 3. The first-order chi connectivity index (χ1) is 9.04. The van der Waals surface area contributed by atoms with Gasteiger partial charge < -0.3 is 9.73 Å². The molecular formula is C16H22N2O. The lowest BCUT2D eigenvalue weighted by molar-refractivity contribution is 0.494. The quantitative estimate of drug-likeness (QED) is 0.910. The molecule has 2 aromatic rings. The van der Waals surface area contributed by atoms with Crippen molar-refractivity contribution >= 4 is 0 Å². The van der Waals surface area contributed by atoms with Crippen LogP contribution in [0.1, 0.15) is 46.9 Å². The van der Waals surface area contributed by atoms with Crippen molar-refractivity contribution in [1.29, 1.82) is 0 Å². The standard InChI is InChI=1S/C16H22N2O/c1-6-17-16(14-8-7-10(2)18-9-14)15-11(3)12(4)19-13(15)5/h7-9,16-17H,6H2,1-5H3. The van der Waals surface area contributed by atoms with Crippen LogP contribution >= 0.6 is 0 Å². The van der Waals surface area contributed by atoms with Crippen molar-refractivity contribution in [3.05, 3.63) is 52.2 Å². The normalized spacial score (nSPS) is 12.7. The molecule has 1 N–H and O–H groups in total. The van der Waals surface area contributed by atoms with Crippen LogP contribution in [0.25, 0.3) is 0 Å². The van der Waals surface area contributed by atoms with Gasteiger partial charge in [-0.25, -0.2) is 0 Å². The molecule has 0 radical (unpaired) electrons. The fraction of sp³-hybridized carbons (Fsp3) is 0.438. The van der Waals surface area contributed by atoms with Crippen LogP contribution in [-0.2, 0) is 0 Å². The number of aromatic nitrogens is 1. The van der Waals surface area contributed by atoms with Gasteiger partial charge in [0, 0.05) is 17.5 Å². The first-order valence-corrected chi connectivity index (χ1v) is 6.77. The van der Waals surface area contributed by atoms with Gasteiger partial charge in [-0.3, -0.25) is 4.98 Å². The maximum Gasteiger partial charge on any atom is 0.106 e. The predicted molar refractivity (Wildman–Crippen MR) is 77.4 cm³/mol. The summed E-state index contributed by atoms with van der Waals surface area (Å²) in [7, 11) is 0. The van der Waals surface area contributed by atoms with E-state index in [9.17, 15) is 0 Å². The minimum absolute atomic E-state index is 0.149. The van der Waals surface area contributed by atoms with Crippen LogP contribution in [0.2, 0.25) is 0 Å². The van der Waals surface area contributed by atoms with Gasteiger partial charge in [-0.2, -0.15) is 0 Å². The van der Waals surface area contributed by atoms with Crippen molar-refractivity contribution < 1.29 is 4.42 Å². The number of aryl methyl sites for hydroxylation is 3. The average Bonchev–Trinajstić information content (AvgIpc) is 2.62. The summed E-state index contributed by atoms with van der Waals surface area (Å²) in [6, 6.07) is 4.34. The molecule has 0 saturated heterocycles. The lowest BCUT2D eigenvalue weighted by Crippen LogP contribution is -2.23. The molecule has 1 unspecified atom stereocenters. The number of rotatable bonds is 4. The van der Waals surface area contributed by atoms with Crippen molar-refractivity contribution in [2.75, 3.05) is 6.54 Å². The highest BCUT2D eigenvalue weighted by molar-refractivity contribution is 5.40. The summed E-state index contributed by atoms with van der Waals surface area (Å²) in [5, 5.41) is 3.53. The van der Waals surface area contributed by atoms with E-state index in [2.05, 4.69) is 36.3 Å². The fourth-order valence-corrected chi connectivity index (χ4v) is 2.48. The third-order valence-electron chi connectivity index (χ3n) is 3.58. The maximum atomic E-state index is 5.76. The summed E-state index contributed by atoms with van der Waals surface area (Å²) in [5.41, 5.74) is 4.68. The van der Waals surface area contributed by atoms with Gasteiger partial charge in [0.15, 0.2) is 0 Å². The van der Waals surface area contributed by atoms with Crippen LogP contribution in [0.4, 0.5) is 0 Å². The minimum atomic E-state index is 0.149. The van der Waals surface area contributed by atoms with Gasteiger partial charge in [0.25, 0.3) is 0 Å². The van der Waals surface area contributed by atoms with Crippen LogP contribution in [0.3, 0.4) is 0 Å². The van der Waals surface area contributed by atoms with Gasteiger partial charge >= 0.3 is 0 Å². The van der Waals surface area contributed by atoms with E-state index in [1.54, 1.807) is 0 Å². The van der Waals surface area contributed by atoms with Crippen LogP contribution in [-0.4, -0.2) is 11.5 Å². The Morgan fingerprint density at radius 2 is 1.89 bits per heavy atom. The molecule has 0 spiro atoms. The molecule has 102 valence electrons. The number of hydrogen-bond donors (Lipinski definition) is 1. The second-order valence-corrected chi connectivity index (χ2v) is 4.98. The molecule has 0 amide bonds. The second-order valence-electron chi connectivity index (χ2n) is 4.98. The average molecular weight is 258 g/mol. The van der Waals surface area contributed by atoms with Gasteiger partial charge in [-0.1, -0.05) is 13.0 Å². The molecule has 2 heterocycles. The third kappa shape index (κ3) is 2.71. The van der Waals surface area contributed by atoms with Crippen molar-refractivity contribution in [2.45, 2.75) is 40.7 Å². The first kappa shape index (κ1) is 13.8. The highest BCUT2D eigenvalue weighted by atomic mass is 16.3. The summed E-state index contributed by atoms with van der Waals surface area (Å²) in [6.45, 7) is 11.2. The molecule has 2 aromatic heterocycles. The van der Waals surface area contributed by atoms with Crippen LogP contribution in [0, 0.1) is 27.7 Å². The zero-order valence-corrected chi connectivity index (χ0v) is 12.4. The number of nitrogens with zero attached hydrogens (tertiary/aromatic N) is 1. The third-order valence-corrected chi connectivity index (χ3v) is 3.58. The Morgan fingerprint density at radius 1 is 1.16 bits per heavy atom. The van der Waals surface area contributed by atoms with E-state index in [-0.39, 0.29) is 6.04 Å². The Hall–Kier alpha value is -1.61. The van der Waals surface area contributed by atoms with Gasteiger partial charge in [-0.05, 0) is 51.4 Å². The summed E-state index contributed by atoms with van der Waals surface area (Å²) in [4.78, 5) is 4.40. The molecule has 3 nitrogen and oxygen atoms in total. The van der Waals surface area contributed by atoms with Crippen molar-refractivity contribution in [3.63, 3.8) is 0 Å². The molecule has 0 saturated carbocycles. The zero-order chi connectivity index (χ0) is 14.0. The highest BCUT2D eigenvalue weighted by Crippen LogP contribution is 2.31. The Labute approximate surface area is 115 Å². The molecule has 0 aromatic carbocycles. The van der Waals surface area contributed by atoms with Crippen molar-refractivity contribution in [1.82, 2.24) is 10.3 Å². The summed E-state index contributed by atoms with van der Waals surface area (Å²) in [6.07, 6.45) is 1.95. The van der Waals surface area contributed by atoms with E-state index < -0.39 is 0 Å². The van der Waals surface area contributed by atoms with Crippen LogP contribution in [0.15, 0.2) is 22.7 Å². The van der Waals surface area contributed by atoms with Crippen molar-refractivity contribution in [2.24, 2.45) is 0 Å². The smallest absolute Gasteiger partial charge is 0.106 e. The molecule has 0 aliphatic carbocycles. The second kappa shape index (κ2) is 5.57. The molecular weight excluding hydrogens is 236 g/mol. The highest BCUT2D eigenvalue weighted by Gasteiger charge is 2.22. The molecule has 2 rings (SSSR count). The molecule has 0 bridgehead atoms. The Bertz CT molecular complexity index is 555. The molecule has 0 fully saturated rings. The number of nitrogens with one attached hydrogen (secondary N) is 1. The Balaban J connectivity index is 2.48. The number of furan rings is 1. The Morgan fingerprint density at radius 3 is 2.37 bits per heavy atom. The predicted octanol–water partition coefficient (Wildman–Crippen LogP) is 3.61. The molecule has 19 heavy (non-hydrogen) atoms. The molecule has 0 aliphatic heterocycles. The summed E-state index contributed by atoms with van der Waals surface area (Å²) < 4.78 is 5.76. The van der Waals surface area contributed by atoms with E-state index >= 15 is 0 Å². The van der Waals surface area contributed by atoms with E-state index in [1.807, 2.05) is 27.0 Å². The monoisotopic (exact) mass is 258 g/mol. The van der Waals surface area contributed by atoms with E-state index in [0.717, 1.165) is 23.8 Å². The van der Waals surface area contributed by atoms with Gasteiger partial charge in [-0.15, -0.1) is 0 Å².